The first-order valence-electron chi connectivity index (χ1n) is 6.62. The Balaban J connectivity index is 2.24. The molecule has 1 aromatic rings. The highest BCUT2D eigenvalue weighted by atomic mass is 16.3. The zero-order valence-electron chi connectivity index (χ0n) is 10.9. The topological polar surface area (TPSA) is 41.3 Å². The molecule has 1 aromatic heterocycles. The molecule has 0 amide bonds. The fourth-order valence-corrected chi connectivity index (χ4v) is 2.73. The van der Waals surface area contributed by atoms with Gasteiger partial charge in [-0.2, -0.15) is 5.10 Å². The van der Waals surface area contributed by atoms with E-state index in [-0.39, 0.29) is 6.61 Å². The Morgan fingerprint density at radius 3 is 2.29 bits per heavy atom. The van der Waals surface area contributed by atoms with Gasteiger partial charge in [-0.3, -0.25) is 4.68 Å². The highest BCUT2D eigenvalue weighted by Crippen LogP contribution is 2.25. The number of hydrogen-bond acceptors (Lipinski definition) is 3. The molecule has 0 aliphatic carbocycles. The highest BCUT2D eigenvalue weighted by molar-refractivity contribution is 5.49. The Labute approximate surface area is 103 Å². The Morgan fingerprint density at radius 2 is 1.71 bits per heavy atom. The first-order valence-corrected chi connectivity index (χ1v) is 6.62. The summed E-state index contributed by atoms with van der Waals surface area (Å²) in [6.07, 6.45) is 6.50. The third kappa shape index (κ3) is 2.63. The van der Waals surface area contributed by atoms with Gasteiger partial charge in [-0.05, 0) is 19.8 Å². The molecule has 0 spiro atoms. The molecule has 1 N–H and O–H groups in total. The molecular weight excluding hydrogens is 214 g/mol. The minimum atomic E-state index is 0.0888. The quantitative estimate of drug-likeness (QED) is 0.855. The fraction of sp³-hybridized carbons (Fsp3) is 0.769. The van der Waals surface area contributed by atoms with Crippen LogP contribution in [0.2, 0.25) is 0 Å². The molecule has 0 bridgehead atoms. The van der Waals surface area contributed by atoms with Crippen molar-refractivity contribution in [3.8, 4) is 0 Å². The Kier molecular flexibility index (Phi) is 4.05. The first kappa shape index (κ1) is 12.4. The normalized spacial score (nSPS) is 17.9. The number of rotatable bonds is 2. The molecule has 4 nitrogen and oxygen atoms in total. The van der Waals surface area contributed by atoms with Crippen LogP contribution in [-0.2, 0) is 13.7 Å². The van der Waals surface area contributed by atoms with E-state index in [2.05, 4.69) is 10.00 Å². The Morgan fingerprint density at radius 1 is 1.12 bits per heavy atom. The van der Waals surface area contributed by atoms with Gasteiger partial charge in [-0.1, -0.05) is 19.3 Å². The number of nitrogens with zero attached hydrogens (tertiary/aromatic N) is 3. The lowest BCUT2D eigenvalue weighted by Gasteiger charge is -2.27. The zero-order chi connectivity index (χ0) is 12.3. The van der Waals surface area contributed by atoms with E-state index < -0.39 is 0 Å². The third-order valence-corrected chi connectivity index (χ3v) is 3.63. The predicted molar refractivity (Wildman–Crippen MR) is 69.2 cm³/mol. The number of aliphatic hydroxyl groups is 1. The minimum absolute atomic E-state index is 0.0888. The molecule has 1 aliphatic rings. The van der Waals surface area contributed by atoms with Crippen molar-refractivity contribution in [1.29, 1.82) is 0 Å². The van der Waals surface area contributed by atoms with Crippen LogP contribution in [0.4, 0.5) is 5.82 Å². The number of aromatic nitrogens is 2. The van der Waals surface area contributed by atoms with Gasteiger partial charge >= 0.3 is 0 Å². The van der Waals surface area contributed by atoms with E-state index in [1.54, 1.807) is 0 Å². The van der Waals surface area contributed by atoms with E-state index in [0.717, 1.165) is 30.2 Å². The summed E-state index contributed by atoms with van der Waals surface area (Å²) < 4.78 is 1.92. The van der Waals surface area contributed by atoms with Gasteiger partial charge in [-0.25, -0.2) is 0 Å². The predicted octanol–water partition coefficient (Wildman–Crippen LogP) is 1.99. The van der Waals surface area contributed by atoms with Gasteiger partial charge in [-0.15, -0.1) is 0 Å². The maximum Gasteiger partial charge on any atom is 0.132 e. The molecule has 2 rings (SSSR count). The smallest absolute Gasteiger partial charge is 0.132 e. The van der Waals surface area contributed by atoms with Gasteiger partial charge in [0.15, 0.2) is 0 Å². The summed E-state index contributed by atoms with van der Waals surface area (Å²) in [6, 6.07) is 0. The Bertz CT molecular complexity index is 365. The van der Waals surface area contributed by atoms with Crippen molar-refractivity contribution in [2.45, 2.75) is 45.6 Å². The van der Waals surface area contributed by atoms with Crippen LogP contribution >= 0.6 is 0 Å². The van der Waals surface area contributed by atoms with Crippen LogP contribution in [0, 0.1) is 6.92 Å². The average molecular weight is 237 g/mol. The number of aliphatic hydroxyl groups excluding tert-OH is 1. The van der Waals surface area contributed by atoms with Crippen LogP contribution < -0.4 is 4.90 Å². The van der Waals surface area contributed by atoms with Crippen LogP contribution in [0.25, 0.3) is 0 Å². The van der Waals surface area contributed by atoms with Crippen LogP contribution in [0.15, 0.2) is 0 Å². The molecule has 0 aromatic carbocycles. The van der Waals surface area contributed by atoms with Crippen LogP contribution in [0.5, 0.6) is 0 Å². The van der Waals surface area contributed by atoms with Gasteiger partial charge in [0.25, 0.3) is 0 Å². The first-order chi connectivity index (χ1) is 8.24. The van der Waals surface area contributed by atoms with E-state index in [1.807, 2.05) is 18.7 Å². The Hall–Kier alpha value is -1.03. The lowest BCUT2D eigenvalue weighted by Crippen LogP contribution is -2.29. The van der Waals surface area contributed by atoms with Crippen molar-refractivity contribution in [2.24, 2.45) is 7.05 Å². The zero-order valence-corrected chi connectivity index (χ0v) is 10.9. The maximum absolute atomic E-state index is 9.49. The summed E-state index contributed by atoms with van der Waals surface area (Å²) in [5, 5.41) is 13.9. The number of aryl methyl sites for hydroxylation is 2. The number of anilines is 1. The molecule has 0 unspecified atom stereocenters. The molecule has 4 heteroatoms. The summed E-state index contributed by atoms with van der Waals surface area (Å²) in [5.74, 6) is 1.12. The molecule has 96 valence electrons. The van der Waals surface area contributed by atoms with Crippen molar-refractivity contribution < 1.29 is 5.11 Å². The second-order valence-electron chi connectivity index (χ2n) is 4.92. The molecular formula is C13H23N3O. The fourth-order valence-electron chi connectivity index (χ4n) is 2.73. The lowest BCUT2D eigenvalue weighted by molar-refractivity contribution is 0.281. The van der Waals surface area contributed by atoms with Crippen molar-refractivity contribution >= 4 is 5.82 Å². The van der Waals surface area contributed by atoms with Gasteiger partial charge in [0.2, 0.25) is 0 Å². The number of hydrogen-bond donors (Lipinski definition) is 1. The van der Waals surface area contributed by atoms with E-state index in [4.69, 9.17) is 0 Å². The second-order valence-corrected chi connectivity index (χ2v) is 4.92. The van der Waals surface area contributed by atoms with Crippen LogP contribution in [0.3, 0.4) is 0 Å². The third-order valence-electron chi connectivity index (χ3n) is 3.63. The van der Waals surface area contributed by atoms with E-state index in [1.165, 1.54) is 32.1 Å². The van der Waals surface area contributed by atoms with Crippen molar-refractivity contribution in [2.75, 3.05) is 18.0 Å². The second kappa shape index (κ2) is 5.54. The molecule has 1 fully saturated rings. The van der Waals surface area contributed by atoms with Gasteiger partial charge in [0.05, 0.1) is 12.3 Å². The SMILES string of the molecule is Cc1nn(C)c(N2CCCCCCC2)c1CO. The standard InChI is InChI=1S/C13H23N3O/c1-11-12(10-17)13(15(2)14-11)16-8-6-4-3-5-7-9-16/h17H,3-10H2,1-2H3. The summed E-state index contributed by atoms with van der Waals surface area (Å²) in [6.45, 7) is 4.24. The molecule has 0 atom stereocenters. The van der Waals surface area contributed by atoms with E-state index in [9.17, 15) is 5.11 Å². The molecule has 0 saturated carbocycles. The molecule has 1 aliphatic heterocycles. The lowest BCUT2D eigenvalue weighted by atomic mass is 10.1. The van der Waals surface area contributed by atoms with Gasteiger partial charge < -0.3 is 10.0 Å². The van der Waals surface area contributed by atoms with Gasteiger partial charge in [0.1, 0.15) is 5.82 Å². The summed E-state index contributed by atoms with van der Waals surface area (Å²) in [5.41, 5.74) is 1.94. The minimum Gasteiger partial charge on any atom is -0.391 e. The van der Waals surface area contributed by atoms with Crippen LogP contribution in [-0.4, -0.2) is 28.0 Å². The largest absolute Gasteiger partial charge is 0.391 e. The van der Waals surface area contributed by atoms with E-state index >= 15 is 0 Å². The van der Waals surface area contributed by atoms with Crippen molar-refractivity contribution in [3.63, 3.8) is 0 Å². The molecule has 0 radical (unpaired) electrons. The molecule has 2 heterocycles. The highest BCUT2D eigenvalue weighted by Gasteiger charge is 2.19. The van der Waals surface area contributed by atoms with Crippen molar-refractivity contribution in [3.05, 3.63) is 11.3 Å². The molecule has 17 heavy (non-hydrogen) atoms. The monoisotopic (exact) mass is 237 g/mol. The average Bonchev–Trinajstić information content (AvgIpc) is 2.53. The maximum atomic E-state index is 9.49. The summed E-state index contributed by atoms with van der Waals surface area (Å²) in [7, 11) is 1.97. The summed E-state index contributed by atoms with van der Waals surface area (Å²) in [4.78, 5) is 2.39. The summed E-state index contributed by atoms with van der Waals surface area (Å²) >= 11 is 0. The molecule has 1 saturated heterocycles. The van der Waals surface area contributed by atoms with E-state index in [0.29, 0.717) is 0 Å². The van der Waals surface area contributed by atoms with Crippen molar-refractivity contribution in [1.82, 2.24) is 9.78 Å². The van der Waals surface area contributed by atoms with Gasteiger partial charge in [0, 0.05) is 25.7 Å². The van der Waals surface area contributed by atoms with Crippen LogP contribution in [0.1, 0.15) is 43.4 Å².